The number of hydrogen-bond acceptors (Lipinski definition) is 7. The van der Waals surface area contributed by atoms with Gasteiger partial charge in [0.15, 0.2) is 0 Å². The van der Waals surface area contributed by atoms with Crippen LogP contribution in [0.4, 0.5) is 5.82 Å². The molecule has 2 aromatic rings. The third kappa shape index (κ3) is 6.84. The van der Waals surface area contributed by atoms with Crippen molar-refractivity contribution in [1.82, 2.24) is 9.55 Å². The third-order valence-electron chi connectivity index (χ3n) is 4.91. The van der Waals surface area contributed by atoms with Crippen molar-refractivity contribution in [2.24, 2.45) is 0 Å². The van der Waals surface area contributed by atoms with E-state index in [0.717, 1.165) is 16.7 Å². The lowest BCUT2D eigenvalue weighted by atomic mass is 10.0. The van der Waals surface area contributed by atoms with Crippen molar-refractivity contribution in [2.75, 3.05) is 12.3 Å². The average Bonchev–Trinajstić information content (AvgIpc) is 3.14. The molecule has 0 amide bonds. The molecule has 0 aliphatic carbocycles. The van der Waals surface area contributed by atoms with Gasteiger partial charge in [-0.3, -0.25) is 4.57 Å². The molecular formula is C24H35N3O4S. The summed E-state index contributed by atoms with van der Waals surface area (Å²) < 4.78 is 11.7. The Hall–Kier alpha value is -2.31. The maximum atomic E-state index is 12.3. The predicted octanol–water partition coefficient (Wildman–Crippen LogP) is 3.71. The molecule has 3 rings (SSSR count). The van der Waals surface area contributed by atoms with Crippen LogP contribution in [0.25, 0.3) is 0 Å². The second kappa shape index (κ2) is 13.3. The highest BCUT2D eigenvalue weighted by molar-refractivity contribution is 7.75. The smallest absolute Gasteiger partial charge is 0.351 e. The summed E-state index contributed by atoms with van der Waals surface area (Å²) >= 11 is 3.68. The summed E-state index contributed by atoms with van der Waals surface area (Å²) in [5.74, 6) is 6.17. The number of rotatable bonds is 3. The Morgan fingerprint density at radius 1 is 1.16 bits per heavy atom. The number of aryl methyl sites for hydroxylation is 3. The number of nitrogens with two attached hydrogens (primary N) is 1. The van der Waals surface area contributed by atoms with E-state index in [4.69, 9.17) is 14.7 Å². The molecule has 0 saturated carbocycles. The van der Waals surface area contributed by atoms with Crippen molar-refractivity contribution in [3.05, 3.63) is 56.6 Å². The molecule has 0 spiro atoms. The van der Waals surface area contributed by atoms with Gasteiger partial charge < -0.3 is 19.8 Å². The van der Waals surface area contributed by atoms with Gasteiger partial charge in [0.2, 0.25) is 0 Å². The first-order valence-electron chi connectivity index (χ1n) is 10.9. The molecule has 1 fully saturated rings. The van der Waals surface area contributed by atoms with Crippen LogP contribution < -0.4 is 11.4 Å². The fourth-order valence-corrected chi connectivity index (χ4v) is 3.27. The highest BCUT2D eigenvalue weighted by atomic mass is 32.1. The lowest BCUT2D eigenvalue weighted by Gasteiger charge is -2.15. The SMILES string of the molecule is CC.CC.Cc1cc(C)c(C#Cc2cn(C3CC(O)C(COS)O3)c(=O)nc2N)cc1C. The van der Waals surface area contributed by atoms with Crippen LogP contribution in [0.1, 0.15) is 68.2 Å². The molecule has 2 heterocycles. The Morgan fingerprint density at radius 2 is 1.75 bits per heavy atom. The lowest BCUT2D eigenvalue weighted by Crippen LogP contribution is -2.29. The second-order valence-corrected chi connectivity index (χ2v) is 7.22. The van der Waals surface area contributed by atoms with Crippen LogP contribution in [-0.4, -0.2) is 33.5 Å². The van der Waals surface area contributed by atoms with Gasteiger partial charge in [0, 0.05) is 18.2 Å². The molecule has 32 heavy (non-hydrogen) atoms. The first kappa shape index (κ1) is 27.7. The number of aliphatic hydroxyl groups excluding tert-OH is 1. The number of aromatic nitrogens is 2. The van der Waals surface area contributed by atoms with E-state index in [1.165, 1.54) is 16.3 Å². The fraction of sp³-hybridized carbons (Fsp3) is 0.500. The van der Waals surface area contributed by atoms with Gasteiger partial charge in [0.1, 0.15) is 18.1 Å². The minimum Gasteiger partial charge on any atom is -0.390 e. The van der Waals surface area contributed by atoms with Gasteiger partial charge >= 0.3 is 5.69 Å². The van der Waals surface area contributed by atoms with Crippen LogP contribution in [0.15, 0.2) is 23.1 Å². The van der Waals surface area contributed by atoms with E-state index in [9.17, 15) is 9.90 Å². The molecule has 1 aliphatic rings. The van der Waals surface area contributed by atoms with E-state index >= 15 is 0 Å². The standard InChI is InChI=1S/C20H23N3O4S.2C2H6/c1-11-6-13(3)14(7-12(11)2)4-5-15-9-23(20(25)22-19(15)21)18-8-16(24)17(27-18)10-26-28;2*1-2/h6-7,9,16-18,24,28H,8,10H2,1-3H3,(H2,21,22,25);2*1-2H3. The molecule has 3 unspecified atom stereocenters. The zero-order valence-corrected chi connectivity index (χ0v) is 20.9. The van der Waals surface area contributed by atoms with Crippen LogP contribution in [0, 0.1) is 32.6 Å². The monoisotopic (exact) mass is 461 g/mol. The normalized spacial score (nSPS) is 19.1. The number of hydrogen-bond donors (Lipinski definition) is 3. The number of aliphatic hydroxyl groups is 1. The fourth-order valence-electron chi connectivity index (χ4n) is 3.12. The van der Waals surface area contributed by atoms with Gasteiger partial charge in [-0.25, -0.2) is 4.79 Å². The summed E-state index contributed by atoms with van der Waals surface area (Å²) in [6, 6.07) is 4.11. The molecule has 0 bridgehead atoms. The topological polar surface area (TPSA) is 99.6 Å². The van der Waals surface area contributed by atoms with Crippen molar-refractivity contribution < 1.29 is 14.0 Å². The number of nitrogens with zero attached hydrogens (tertiary/aromatic N) is 2. The van der Waals surface area contributed by atoms with E-state index < -0.39 is 24.1 Å². The van der Waals surface area contributed by atoms with Crippen LogP contribution in [-0.2, 0) is 8.92 Å². The zero-order chi connectivity index (χ0) is 24.4. The lowest BCUT2D eigenvalue weighted by molar-refractivity contribution is -0.0375. The minimum absolute atomic E-state index is 0.0593. The Bertz CT molecular complexity index is 1010. The summed E-state index contributed by atoms with van der Waals surface area (Å²) in [6.07, 6.45) is -0.256. The molecule has 176 valence electrons. The zero-order valence-electron chi connectivity index (χ0n) is 20.0. The molecule has 3 N–H and O–H groups in total. The van der Waals surface area contributed by atoms with Gasteiger partial charge in [0.25, 0.3) is 0 Å². The van der Waals surface area contributed by atoms with Gasteiger partial charge in [0.05, 0.1) is 18.3 Å². The molecule has 1 saturated heterocycles. The highest BCUT2D eigenvalue weighted by Crippen LogP contribution is 2.28. The average molecular weight is 462 g/mol. The van der Waals surface area contributed by atoms with Crippen LogP contribution in [0.3, 0.4) is 0 Å². The highest BCUT2D eigenvalue weighted by Gasteiger charge is 2.35. The van der Waals surface area contributed by atoms with Crippen molar-refractivity contribution in [3.8, 4) is 11.8 Å². The number of anilines is 1. The molecule has 8 heteroatoms. The van der Waals surface area contributed by atoms with Crippen LogP contribution >= 0.6 is 12.9 Å². The van der Waals surface area contributed by atoms with E-state index in [2.05, 4.69) is 42.7 Å². The second-order valence-electron chi connectivity index (χ2n) is 6.96. The van der Waals surface area contributed by atoms with Crippen molar-refractivity contribution in [2.45, 2.75) is 73.3 Å². The quantitative estimate of drug-likeness (QED) is 0.366. The summed E-state index contributed by atoms with van der Waals surface area (Å²) in [7, 11) is 0. The largest absolute Gasteiger partial charge is 0.390 e. The van der Waals surface area contributed by atoms with Crippen molar-refractivity contribution in [1.29, 1.82) is 0 Å². The number of thiol groups is 1. The summed E-state index contributed by atoms with van der Waals surface area (Å²) in [5, 5.41) is 10.1. The first-order valence-corrected chi connectivity index (χ1v) is 11.2. The van der Waals surface area contributed by atoms with Crippen LogP contribution in [0.5, 0.6) is 0 Å². The Balaban J connectivity index is 0.00000121. The summed E-state index contributed by atoms with van der Waals surface area (Å²) in [4.78, 5) is 16.1. The number of benzene rings is 1. The molecule has 0 radical (unpaired) electrons. The maximum Gasteiger partial charge on any atom is 0.351 e. The van der Waals surface area contributed by atoms with E-state index in [-0.39, 0.29) is 18.8 Å². The minimum atomic E-state index is -0.769. The molecule has 1 aromatic heterocycles. The summed E-state index contributed by atoms with van der Waals surface area (Å²) in [5.41, 5.74) is 10.1. The molecule has 1 aromatic carbocycles. The molecule has 3 atom stereocenters. The Labute approximate surface area is 196 Å². The van der Waals surface area contributed by atoms with E-state index in [0.29, 0.717) is 5.56 Å². The van der Waals surface area contributed by atoms with Crippen LogP contribution in [0.2, 0.25) is 0 Å². The molecule has 1 aliphatic heterocycles. The van der Waals surface area contributed by atoms with Gasteiger partial charge in [-0.15, -0.1) is 0 Å². The molecule has 7 nitrogen and oxygen atoms in total. The number of ether oxygens (including phenoxy) is 1. The third-order valence-corrected chi connectivity index (χ3v) is 5.06. The number of nitrogen functional groups attached to an aromatic ring is 1. The Morgan fingerprint density at radius 3 is 2.38 bits per heavy atom. The van der Waals surface area contributed by atoms with E-state index in [1.807, 2.05) is 47.6 Å². The molecular weight excluding hydrogens is 426 g/mol. The van der Waals surface area contributed by atoms with E-state index in [1.54, 1.807) is 0 Å². The summed E-state index contributed by atoms with van der Waals surface area (Å²) in [6.45, 7) is 14.2. The first-order chi connectivity index (χ1) is 15.3. The Kier molecular flexibility index (Phi) is 11.5. The van der Waals surface area contributed by atoms with Gasteiger partial charge in [-0.05, 0) is 56.4 Å². The maximum absolute atomic E-state index is 12.3. The van der Waals surface area contributed by atoms with Crippen molar-refractivity contribution >= 4 is 18.7 Å². The van der Waals surface area contributed by atoms with Crippen molar-refractivity contribution in [3.63, 3.8) is 0 Å². The van der Waals surface area contributed by atoms with Gasteiger partial charge in [-0.1, -0.05) is 45.6 Å². The predicted molar refractivity (Wildman–Crippen MR) is 132 cm³/mol. The van der Waals surface area contributed by atoms with Gasteiger partial charge in [-0.2, -0.15) is 4.98 Å².